The number of nitrogens with zero attached hydrogens (tertiary/aromatic N) is 1. The lowest BCUT2D eigenvalue weighted by molar-refractivity contribution is 0.182. The predicted molar refractivity (Wildman–Crippen MR) is 86.5 cm³/mol. The van der Waals surface area contributed by atoms with Crippen molar-refractivity contribution in [3.8, 4) is 0 Å². The second-order valence-corrected chi connectivity index (χ2v) is 6.69. The van der Waals surface area contributed by atoms with Gasteiger partial charge in [0.2, 0.25) is 0 Å². The first-order valence-electron chi connectivity index (χ1n) is 8.60. The molecule has 3 N–H and O–H groups in total. The van der Waals surface area contributed by atoms with E-state index in [0.29, 0.717) is 18.6 Å². The Morgan fingerprint density at radius 2 is 1.86 bits per heavy atom. The van der Waals surface area contributed by atoms with Crippen LogP contribution in [0, 0.1) is 5.92 Å². The number of hydrogen-bond donors (Lipinski definition) is 3. The monoisotopic (exact) mass is 296 g/mol. The van der Waals surface area contributed by atoms with Crippen LogP contribution < -0.4 is 16.0 Å². The van der Waals surface area contributed by atoms with Crippen LogP contribution >= 0.6 is 0 Å². The van der Waals surface area contributed by atoms with Gasteiger partial charge >= 0.3 is 6.03 Å². The van der Waals surface area contributed by atoms with Gasteiger partial charge in [0.1, 0.15) is 0 Å². The summed E-state index contributed by atoms with van der Waals surface area (Å²) in [6.45, 7) is 2.76. The van der Waals surface area contributed by atoms with E-state index in [1.165, 1.54) is 51.5 Å². The summed E-state index contributed by atoms with van der Waals surface area (Å²) in [6.07, 6.45) is 9.38. The molecule has 1 aliphatic heterocycles. The fourth-order valence-corrected chi connectivity index (χ4v) is 3.72. The Hall–Kier alpha value is -0.810. The first-order valence-corrected chi connectivity index (χ1v) is 8.60. The Labute approximate surface area is 129 Å². The van der Waals surface area contributed by atoms with Crippen LogP contribution in [0.3, 0.4) is 0 Å². The largest absolute Gasteiger partial charge is 0.337 e. The van der Waals surface area contributed by atoms with Crippen molar-refractivity contribution in [3.05, 3.63) is 0 Å². The summed E-state index contributed by atoms with van der Waals surface area (Å²) in [5, 5.41) is 10.3. The van der Waals surface area contributed by atoms with Gasteiger partial charge in [-0.3, -0.25) is 0 Å². The maximum atomic E-state index is 11.5. The molecule has 1 aliphatic carbocycles. The molecule has 3 unspecified atom stereocenters. The third-order valence-corrected chi connectivity index (χ3v) is 4.90. The number of amides is 2. The third-order valence-electron chi connectivity index (χ3n) is 4.90. The minimum absolute atomic E-state index is 0.00839. The summed E-state index contributed by atoms with van der Waals surface area (Å²) in [7, 11) is 3.54. The van der Waals surface area contributed by atoms with E-state index in [1.54, 1.807) is 19.0 Å². The maximum Gasteiger partial charge on any atom is 0.316 e. The van der Waals surface area contributed by atoms with E-state index >= 15 is 0 Å². The van der Waals surface area contributed by atoms with Crippen molar-refractivity contribution in [2.45, 2.75) is 57.0 Å². The van der Waals surface area contributed by atoms with Crippen molar-refractivity contribution in [3.63, 3.8) is 0 Å². The summed E-state index contributed by atoms with van der Waals surface area (Å²) >= 11 is 0. The lowest BCUT2D eigenvalue weighted by atomic mass is 9.77. The van der Waals surface area contributed by atoms with Crippen LogP contribution in [0.25, 0.3) is 0 Å². The van der Waals surface area contributed by atoms with Crippen LogP contribution in [0.1, 0.15) is 44.9 Å². The van der Waals surface area contributed by atoms with Crippen molar-refractivity contribution in [2.75, 3.05) is 33.7 Å². The molecule has 0 spiro atoms. The molecule has 5 nitrogen and oxygen atoms in total. The van der Waals surface area contributed by atoms with Gasteiger partial charge in [-0.05, 0) is 38.1 Å². The van der Waals surface area contributed by atoms with Crippen LogP contribution in [0.5, 0.6) is 0 Å². The van der Waals surface area contributed by atoms with Gasteiger partial charge in [-0.15, -0.1) is 0 Å². The van der Waals surface area contributed by atoms with E-state index in [0.717, 1.165) is 12.5 Å². The first kappa shape index (κ1) is 16.6. The average molecular weight is 296 g/mol. The van der Waals surface area contributed by atoms with E-state index < -0.39 is 0 Å². The van der Waals surface area contributed by atoms with Crippen LogP contribution in [0.15, 0.2) is 0 Å². The summed E-state index contributed by atoms with van der Waals surface area (Å²) in [5.74, 6) is 0.767. The zero-order chi connectivity index (χ0) is 15.1. The summed E-state index contributed by atoms with van der Waals surface area (Å²) in [6, 6.07) is 1.31. The van der Waals surface area contributed by atoms with Gasteiger partial charge in [-0.2, -0.15) is 0 Å². The van der Waals surface area contributed by atoms with Crippen molar-refractivity contribution in [2.24, 2.45) is 5.92 Å². The number of urea groups is 1. The molecule has 0 bridgehead atoms. The van der Waals surface area contributed by atoms with E-state index in [4.69, 9.17) is 0 Å². The van der Waals surface area contributed by atoms with E-state index in [-0.39, 0.29) is 6.03 Å². The fraction of sp³-hybridized carbons (Fsp3) is 0.938. The predicted octanol–water partition coefficient (Wildman–Crippen LogP) is 1.55. The van der Waals surface area contributed by atoms with Gasteiger partial charge in [-0.1, -0.05) is 19.3 Å². The minimum atomic E-state index is -0.00839. The Morgan fingerprint density at radius 3 is 2.57 bits per heavy atom. The molecule has 0 aromatic heterocycles. The summed E-state index contributed by atoms with van der Waals surface area (Å²) in [4.78, 5) is 13.1. The highest BCUT2D eigenvalue weighted by Crippen LogP contribution is 2.30. The van der Waals surface area contributed by atoms with Crippen molar-refractivity contribution in [1.29, 1.82) is 0 Å². The second-order valence-electron chi connectivity index (χ2n) is 6.69. The van der Waals surface area contributed by atoms with Crippen molar-refractivity contribution in [1.82, 2.24) is 20.9 Å². The molecule has 21 heavy (non-hydrogen) atoms. The zero-order valence-corrected chi connectivity index (χ0v) is 13.7. The fourth-order valence-electron chi connectivity index (χ4n) is 3.72. The SMILES string of the molecule is CN(C)C(=O)NCCNC1CCCCC1C1CCCCN1. The zero-order valence-electron chi connectivity index (χ0n) is 13.7. The smallest absolute Gasteiger partial charge is 0.316 e. The maximum absolute atomic E-state index is 11.5. The molecule has 2 amide bonds. The first-order chi connectivity index (χ1) is 10.2. The molecular formula is C16H32N4O. The quantitative estimate of drug-likeness (QED) is 0.675. The lowest BCUT2D eigenvalue weighted by Crippen LogP contribution is -2.51. The van der Waals surface area contributed by atoms with Gasteiger partial charge in [0.05, 0.1) is 0 Å². The number of hydrogen-bond acceptors (Lipinski definition) is 3. The molecule has 122 valence electrons. The topological polar surface area (TPSA) is 56.4 Å². The molecule has 0 aromatic rings. The molecule has 3 atom stereocenters. The molecule has 0 radical (unpaired) electrons. The summed E-state index contributed by atoms with van der Waals surface area (Å²) in [5.41, 5.74) is 0. The van der Waals surface area contributed by atoms with Crippen molar-refractivity contribution < 1.29 is 4.79 Å². The molecule has 1 saturated carbocycles. The molecule has 5 heteroatoms. The molecule has 2 aliphatic rings. The van der Waals surface area contributed by atoms with Crippen LogP contribution in [-0.4, -0.2) is 56.7 Å². The van der Waals surface area contributed by atoms with Crippen molar-refractivity contribution >= 4 is 6.03 Å². The highest BCUT2D eigenvalue weighted by atomic mass is 16.2. The van der Waals surface area contributed by atoms with Gasteiger partial charge in [0, 0.05) is 39.3 Å². The Balaban J connectivity index is 1.72. The van der Waals surface area contributed by atoms with Crippen LogP contribution in [0.4, 0.5) is 4.79 Å². The van der Waals surface area contributed by atoms with Crippen LogP contribution in [-0.2, 0) is 0 Å². The van der Waals surface area contributed by atoms with E-state index in [1.807, 2.05) is 0 Å². The molecule has 1 heterocycles. The standard InChI is InChI=1S/C16H32N4O/c1-20(2)16(21)19-12-11-18-15-8-4-3-7-13(15)14-9-5-6-10-17-14/h13-15,17-18H,3-12H2,1-2H3,(H,19,21). The summed E-state index contributed by atoms with van der Waals surface area (Å²) < 4.78 is 0. The number of rotatable bonds is 5. The number of carbonyl (C=O) groups excluding carboxylic acids is 1. The minimum Gasteiger partial charge on any atom is -0.337 e. The number of nitrogens with one attached hydrogen (secondary N) is 3. The van der Waals surface area contributed by atoms with E-state index in [2.05, 4.69) is 16.0 Å². The molecule has 2 fully saturated rings. The second kappa shape index (κ2) is 8.59. The van der Waals surface area contributed by atoms with Gasteiger partial charge in [0.15, 0.2) is 0 Å². The number of carbonyl (C=O) groups is 1. The Morgan fingerprint density at radius 1 is 1.10 bits per heavy atom. The average Bonchev–Trinajstić information content (AvgIpc) is 2.52. The highest BCUT2D eigenvalue weighted by molar-refractivity contribution is 5.73. The van der Waals surface area contributed by atoms with Gasteiger partial charge < -0.3 is 20.9 Å². The molecule has 0 aromatic carbocycles. The highest BCUT2D eigenvalue weighted by Gasteiger charge is 2.31. The normalized spacial score (nSPS) is 29.9. The van der Waals surface area contributed by atoms with E-state index in [9.17, 15) is 4.79 Å². The Kier molecular flexibility index (Phi) is 6.77. The van der Waals surface area contributed by atoms with Crippen LogP contribution in [0.2, 0.25) is 0 Å². The molecule has 2 rings (SSSR count). The number of piperidine rings is 1. The third kappa shape index (κ3) is 5.15. The van der Waals surface area contributed by atoms with Gasteiger partial charge in [-0.25, -0.2) is 4.79 Å². The Bertz CT molecular complexity index is 315. The lowest BCUT2D eigenvalue weighted by Gasteiger charge is -2.40. The molecule has 1 saturated heterocycles. The van der Waals surface area contributed by atoms with Gasteiger partial charge in [0.25, 0.3) is 0 Å². The molecular weight excluding hydrogens is 264 g/mol.